The van der Waals surface area contributed by atoms with Crippen LogP contribution in [-0.4, -0.2) is 123 Å². The first-order chi connectivity index (χ1) is 28.2. The number of ether oxygens (including phenoxy) is 2. The number of H-pyrrole nitrogens is 1. The van der Waals surface area contributed by atoms with Gasteiger partial charge in [0.15, 0.2) is 0 Å². The highest BCUT2D eigenvalue weighted by molar-refractivity contribution is 6.23. The molecule has 1 aliphatic carbocycles. The Bertz CT molecular complexity index is 2270. The predicted octanol–water partition coefficient (Wildman–Crippen LogP) is 4.33. The fourth-order valence-electron chi connectivity index (χ4n) is 9.43. The van der Waals surface area contributed by atoms with Crippen molar-refractivity contribution in [3.05, 3.63) is 59.9 Å². The number of aromatic amines is 1. The number of carbonyl (C=O) groups excluding carboxylic acids is 4. The summed E-state index contributed by atoms with van der Waals surface area (Å²) in [4.78, 5) is 68.0. The Morgan fingerprint density at radius 2 is 1.59 bits per heavy atom. The number of fused-ring (bicyclic) bond motifs is 2. The van der Waals surface area contributed by atoms with Crippen molar-refractivity contribution in [3.63, 3.8) is 0 Å². The number of aromatic nitrogens is 4. The number of benzene rings is 2. The van der Waals surface area contributed by atoms with Gasteiger partial charge in [-0.25, -0.2) is 9.97 Å². The lowest BCUT2D eigenvalue weighted by Crippen LogP contribution is -2.54. The lowest BCUT2D eigenvalue weighted by molar-refractivity contribution is -0.136. The van der Waals surface area contributed by atoms with Crippen molar-refractivity contribution < 1.29 is 28.7 Å². The molecule has 4 amide bonds. The molecule has 15 heteroatoms. The van der Waals surface area contributed by atoms with Gasteiger partial charge in [-0.05, 0) is 101 Å². The van der Waals surface area contributed by atoms with Crippen LogP contribution in [-0.2, 0) is 14.3 Å². The van der Waals surface area contributed by atoms with Crippen LogP contribution in [0.1, 0.15) is 85.4 Å². The molecule has 4 aromatic rings. The molecule has 4 saturated heterocycles. The van der Waals surface area contributed by atoms with E-state index in [0.717, 1.165) is 135 Å². The van der Waals surface area contributed by atoms with Crippen LogP contribution in [0.15, 0.2) is 48.8 Å². The van der Waals surface area contributed by atoms with E-state index in [1.807, 2.05) is 24.3 Å². The topological polar surface area (TPSA) is 166 Å². The number of nitrogens with zero attached hydrogens (tertiary/aromatic N) is 7. The Hall–Kier alpha value is -5.41. The molecule has 0 bridgehead atoms. The van der Waals surface area contributed by atoms with Gasteiger partial charge in [-0.2, -0.15) is 5.10 Å². The van der Waals surface area contributed by atoms with E-state index < -0.39 is 23.8 Å². The van der Waals surface area contributed by atoms with Crippen molar-refractivity contribution in [1.29, 1.82) is 0 Å². The van der Waals surface area contributed by atoms with Crippen LogP contribution in [0.2, 0.25) is 0 Å². The summed E-state index contributed by atoms with van der Waals surface area (Å²) in [5, 5.41) is 11.0. The Morgan fingerprint density at radius 1 is 0.810 bits per heavy atom. The monoisotopic (exact) mass is 787 g/mol. The molecule has 2 aromatic heterocycles. The first-order valence-electron chi connectivity index (χ1n) is 20.9. The minimum Gasteiger partial charge on any atom is -0.488 e. The van der Waals surface area contributed by atoms with Gasteiger partial charge in [0, 0.05) is 69.4 Å². The number of likely N-dealkylation sites (tertiary alicyclic amines) is 1. The van der Waals surface area contributed by atoms with E-state index in [4.69, 9.17) is 9.47 Å². The molecule has 7 heterocycles. The Balaban J connectivity index is 0.682. The molecule has 5 fully saturated rings. The van der Waals surface area contributed by atoms with Crippen molar-refractivity contribution in [2.75, 3.05) is 55.6 Å². The van der Waals surface area contributed by atoms with E-state index in [0.29, 0.717) is 17.0 Å². The summed E-state index contributed by atoms with van der Waals surface area (Å²) in [6, 6.07) is 12.6. The van der Waals surface area contributed by atoms with Gasteiger partial charge in [0.05, 0.1) is 34.5 Å². The molecule has 2 atom stereocenters. The van der Waals surface area contributed by atoms with E-state index in [1.54, 1.807) is 18.5 Å². The molecule has 2 aromatic carbocycles. The third-order valence-electron chi connectivity index (χ3n) is 13.0. The second-order valence-corrected chi connectivity index (χ2v) is 17.2. The van der Waals surface area contributed by atoms with Crippen molar-refractivity contribution >= 4 is 46.0 Å². The maximum Gasteiger partial charge on any atom is 0.262 e. The minimum atomic E-state index is -0.960. The normalized spacial score (nSPS) is 24.2. The molecule has 302 valence electrons. The van der Waals surface area contributed by atoms with Gasteiger partial charge in [0.2, 0.25) is 11.8 Å². The number of hydrogen-bond acceptors (Lipinski definition) is 12. The van der Waals surface area contributed by atoms with Crippen LogP contribution in [0.4, 0.5) is 11.5 Å². The highest BCUT2D eigenvalue weighted by Crippen LogP contribution is 2.41. The summed E-state index contributed by atoms with van der Waals surface area (Å²) in [7, 11) is 0. The van der Waals surface area contributed by atoms with Crippen molar-refractivity contribution in [3.8, 4) is 17.1 Å². The van der Waals surface area contributed by atoms with Crippen LogP contribution in [0.3, 0.4) is 0 Å². The number of carbonyl (C=O) groups is 4. The second-order valence-electron chi connectivity index (χ2n) is 17.2. The van der Waals surface area contributed by atoms with Gasteiger partial charge in [-0.3, -0.25) is 34.5 Å². The highest BCUT2D eigenvalue weighted by Gasteiger charge is 2.45. The third-order valence-corrected chi connectivity index (χ3v) is 13.0. The number of hydrogen-bond donors (Lipinski definition) is 2. The molecule has 0 radical (unpaired) electrons. The second kappa shape index (κ2) is 14.8. The lowest BCUT2D eigenvalue weighted by atomic mass is 9.95. The Kier molecular flexibility index (Phi) is 9.39. The van der Waals surface area contributed by atoms with Crippen molar-refractivity contribution in [1.82, 2.24) is 35.3 Å². The molecule has 15 nitrogen and oxygen atoms in total. The summed E-state index contributed by atoms with van der Waals surface area (Å²) in [6.07, 6.45) is 9.58. The van der Waals surface area contributed by atoms with Crippen LogP contribution >= 0.6 is 0 Å². The van der Waals surface area contributed by atoms with Gasteiger partial charge >= 0.3 is 0 Å². The molecule has 5 aliphatic heterocycles. The number of rotatable bonds is 10. The summed E-state index contributed by atoms with van der Waals surface area (Å²) in [6.45, 7) is 8.71. The lowest BCUT2D eigenvalue weighted by Gasteiger charge is -2.35. The van der Waals surface area contributed by atoms with E-state index >= 15 is 0 Å². The highest BCUT2D eigenvalue weighted by atomic mass is 16.5. The zero-order chi connectivity index (χ0) is 39.5. The molecule has 1 unspecified atom stereocenters. The van der Waals surface area contributed by atoms with Crippen LogP contribution in [0.5, 0.6) is 5.75 Å². The van der Waals surface area contributed by atoms with E-state index in [1.165, 1.54) is 0 Å². The largest absolute Gasteiger partial charge is 0.488 e. The molecule has 2 N–H and O–H groups in total. The van der Waals surface area contributed by atoms with Gasteiger partial charge < -0.3 is 24.2 Å². The maximum absolute atomic E-state index is 13.4. The van der Waals surface area contributed by atoms with Crippen LogP contribution in [0, 0.1) is 5.92 Å². The number of piperidine rings is 3. The molecule has 0 spiro atoms. The first kappa shape index (κ1) is 36.9. The summed E-state index contributed by atoms with van der Waals surface area (Å²) in [5.74, 6) is 0.429. The van der Waals surface area contributed by atoms with Gasteiger partial charge in [0.25, 0.3) is 11.8 Å². The number of nitrogens with one attached hydrogen (secondary N) is 2. The zero-order valence-electron chi connectivity index (χ0n) is 32.8. The number of imide groups is 2. The third kappa shape index (κ3) is 7.18. The number of anilines is 2. The molecule has 10 rings (SSSR count). The van der Waals surface area contributed by atoms with Gasteiger partial charge in [-0.15, -0.1) is 0 Å². The number of amides is 4. The van der Waals surface area contributed by atoms with Gasteiger partial charge in [0.1, 0.15) is 35.2 Å². The average Bonchev–Trinajstić information content (AvgIpc) is 3.49. The molecule has 1 saturated carbocycles. The smallest absolute Gasteiger partial charge is 0.262 e. The molecular formula is C43H49N9O6. The van der Waals surface area contributed by atoms with Crippen LogP contribution < -0.4 is 19.9 Å². The van der Waals surface area contributed by atoms with Crippen LogP contribution in [0.25, 0.3) is 22.3 Å². The molecule has 58 heavy (non-hydrogen) atoms. The first-order valence-corrected chi connectivity index (χ1v) is 20.9. The van der Waals surface area contributed by atoms with E-state index in [2.05, 4.69) is 53.2 Å². The summed E-state index contributed by atoms with van der Waals surface area (Å²) >= 11 is 0. The quantitative estimate of drug-likeness (QED) is 0.219. The summed E-state index contributed by atoms with van der Waals surface area (Å²) in [5.41, 5.74) is 4.05. The zero-order valence-corrected chi connectivity index (χ0v) is 32.8. The van der Waals surface area contributed by atoms with Crippen molar-refractivity contribution in [2.45, 2.75) is 88.6 Å². The minimum absolute atomic E-state index is 0.0517. The van der Waals surface area contributed by atoms with E-state index in [-0.39, 0.29) is 36.6 Å². The summed E-state index contributed by atoms with van der Waals surface area (Å²) < 4.78 is 12.9. The van der Waals surface area contributed by atoms with Crippen molar-refractivity contribution in [2.24, 2.45) is 5.92 Å². The van der Waals surface area contributed by atoms with Gasteiger partial charge in [-0.1, -0.05) is 0 Å². The fourth-order valence-corrected chi connectivity index (χ4v) is 9.43. The molecular weight excluding hydrogens is 739 g/mol. The standard InChI is InChI=1S/C43H49N9O6/c1-43(13-14-43)58-29-3-5-34-33(21-29)39(48-47-34)35-22-37(45-25-44-35)51-18-11-28(12-19-51)57-30-10-15-49(24-30)23-26-8-16-50(17-9-26)27-2-4-31-32(20-27)42(56)52(41(31)55)36-6-7-38(53)46-40(36)54/h2-5,20-22,25-26,28,30,36H,6-19,23-24H2,1H3,(H,47,48)(H,46,53,54)/t30-,36?/m0/s1. The molecule has 6 aliphatic rings. The Morgan fingerprint density at radius 3 is 2.38 bits per heavy atom. The SMILES string of the molecule is CC1(Oc2ccc3[nH]nc(-c4cc(N5CCC(O[C@H]6CCN(CC7CCN(c8ccc9c(c8)C(=O)N(C8CCC(=O)NC8=O)C9=O)CC7)C6)CC5)ncn4)c3c2)CC1. The maximum atomic E-state index is 13.4. The fraction of sp³-hybridized carbons (Fsp3) is 0.512. The Labute approximate surface area is 336 Å². The average molecular weight is 788 g/mol. The predicted molar refractivity (Wildman–Crippen MR) is 215 cm³/mol. The van der Waals surface area contributed by atoms with E-state index in [9.17, 15) is 19.2 Å².